The first-order chi connectivity index (χ1) is 7.29. The number of hydrogen-bond donors (Lipinski definition) is 1. The Morgan fingerprint density at radius 3 is 3.06 bits per heavy atom. The Bertz CT molecular complexity index is 316. The van der Waals surface area contributed by atoms with Gasteiger partial charge >= 0.3 is 0 Å². The lowest BCUT2D eigenvalue weighted by Gasteiger charge is -2.22. The first-order valence-electron chi connectivity index (χ1n) is 5.60. The van der Waals surface area contributed by atoms with E-state index in [9.17, 15) is 0 Å². The van der Waals surface area contributed by atoms with Gasteiger partial charge in [-0.1, -0.05) is 5.16 Å². The lowest BCUT2D eigenvalue weighted by atomic mass is 10.2. The van der Waals surface area contributed by atoms with E-state index in [0.717, 1.165) is 24.5 Å². The molecule has 0 saturated carbocycles. The van der Waals surface area contributed by atoms with Gasteiger partial charge in [-0.3, -0.25) is 4.90 Å². The van der Waals surface area contributed by atoms with Crippen molar-refractivity contribution in [3.05, 3.63) is 17.5 Å². The molecule has 1 N–H and O–H groups in total. The molecule has 1 fully saturated rings. The second-order valence-corrected chi connectivity index (χ2v) is 4.25. The molecule has 1 unspecified atom stereocenters. The first-order valence-corrected chi connectivity index (χ1v) is 5.60. The molecule has 4 nitrogen and oxygen atoms in total. The minimum atomic E-state index is 0. The predicted octanol–water partition coefficient (Wildman–Crippen LogP) is 1.59. The summed E-state index contributed by atoms with van der Waals surface area (Å²) in [5.74, 6) is 0.898. The summed E-state index contributed by atoms with van der Waals surface area (Å²) in [5.41, 5.74) is 1.05. The average molecular weight is 246 g/mol. The monoisotopic (exact) mass is 245 g/mol. The fourth-order valence-corrected chi connectivity index (χ4v) is 2.27. The molecule has 1 aromatic heterocycles. The Kier molecular flexibility index (Phi) is 5.25. The average Bonchev–Trinajstić information content (AvgIpc) is 2.78. The van der Waals surface area contributed by atoms with Crippen LogP contribution in [0.2, 0.25) is 0 Å². The fourth-order valence-electron chi connectivity index (χ4n) is 2.27. The van der Waals surface area contributed by atoms with Crippen molar-refractivity contribution >= 4 is 12.4 Å². The number of aromatic nitrogens is 1. The number of aryl methyl sites for hydroxylation is 1. The number of nitrogens with one attached hydrogen (secondary N) is 1. The molecule has 2 rings (SSSR count). The van der Waals surface area contributed by atoms with Crippen molar-refractivity contribution in [3.8, 4) is 0 Å². The van der Waals surface area contributed by atoms with Crippen molar-refractivity contribution in [3.63, 3.8) is 0 Å². The van der Waals surface area contributed by atoms with E-state index in [4.69, 9.17) is 4.52 Å². The fraction of sp³-hybridized carbons (Fsp3) is 0.727. The number of rotatable bonds is 4. The van der Waals surface area contributed by atoms with E-state index in [1.165, 1.54) is 19.4 Å². The minimum absolute atomic E-state index is 0. The highest BCUT2D eigenvalue weighted by Gasteiger charge is 2.24. The number of nitrogens with zero attached hydrogens (tertiary/aromatic N) is 2. The van der Waals surface area contributed by atoms with Gasteiger partial charge < -0.3 is 9.84 Å². The van der Waals surface area contributed by atoms with Crippen molar-refractivity contribution in [1.82, 2.24) is 15.4 Å². The van der Waals surface area contributed by atoms with Gasteiger partial charge in [-0.25, -0.2) is 0 Å². The van der Waals surface area contributed by atoms with Crippen LogP contribution in [-0.2, 0) is 6.54 Å². The second kappa shape index (κ2) is 6.23. The summed E-state index contributed by atoms with van der Waals surface area (Å²) in [6, 6.07) is 2.68. The van der Waals surface area contributed by atoms with Gasteiger partial charge in [-0.2, -0.15) is 0 Å². The molecule has 1 saturated heterocycles. The molecule has 92 valence electrons. The molecule has 16 heavy (non-hydrogen) atoms. The van der Waals surface area contributed by atoms with Crippen molar-refractivity contribution in [1.29, 1.82) is 0 Å². The van der Waals surface area contributed by atoms with E-state index in [2.05, 4.69) is 15.4 Å². The first kappa shape index (κ1) is 13.5. The van der Waals surface area contributed by atoms with Crippen LogP contribution in [0, 0.1) is 6.92 Å². The van der Waals surface area contributed by atoms with Gasteiger partial charge in [0.25, 0.3) is 0 Å². The van der Waals surface area contributed by atoms with Crippen LogP contribution in [0.15, 0.2) is 10.6 Å². The third-order valence-corrected chi connectivity index (χ3v) is 2.98. The van der Waals surface area contributed by atoms with Gasteiger partial charge in [0.05, 0.1) is 5.69 Å². The summed E-state index contributed by atoms with van der Waals surface area (Å²) in [6.45, 7) is 5.10. The number of hydrogen-bond acceptors (Lipinski definition) is 4. The molecule has 0 aromatic carbocycles. The molecule has 1 aromatic rings. The van der Waals surface area contributed by atoms with E-state index < -0.39 is 0 Å². The molecule has 0 spiro atoms. The van der Waals surface area contributed by atoms with Crippen molar-refractivity contribution in [2.24, 2.45) is 0 Å². The molecule has 1 aliphatic heterocycles. The molecule has 0 radical (unpaired) electrons. The van der Waals surface area contributed by atoms with Crippen LogP contribution in [0.4, 0.5) is 0 Å². The normalized spacial score (nSPS) is 21.0. The van der Waals surface area contributed by atoms with Gasteiger partial charge in [0.15, 0.2) is 0 Å². The van der Waals surface area contributed by atoms with Crippen LogP contribution >= 0.6 is 12.4 Å². The van der Waals surface area contributed by atoms with Crippen LogP contribution in [0.1, 0.15) is 24.3 Å². The SMILES string of the molecule is CNCC1CCCN1Cc1cc(C)on1.Cl. The summed E-state index contributed by atoms with van der Waals surface area (Å²) in [6.07, 6.45) is 2.58. The zero-order valence-electron chi connectivity index (χ0n) is 9.90. The lowest BCUT2D eigenvalue weighted by Crippen LogP contribution is -2.36. The van der Waals surface area contributed by atoms with E-state index in [1.54, 1.807) is 0 Å². The summed E-state index contributed by atoms with van der Waals surface area (Å²) in [4.78, 5) is 2.48. The molecular formula is C11H20ClN3O. The molecule has 5 heteroatoms. The van der Waals surface area contributed by atoms with Crippen molar-refractivity contribution in [2.75, 3.05) is 20.1 Å². The third kappa shape index (κ3) is 3.20. The molecule has 1 aliphatic rings. The summed E-state index contributed by atoms with van der Waals surface area (Å²) < 4.78 is 5.08. The summed E-state index contributed by atoms with van der Waals surface area (Å²) in [5, 5.41) is 7.28. The smallest absolute Gasteiger partial charge is 0.133 e. The van der Waals surface area contributed by atoms with Crippen molar-refractivity contribution in [2.45, 2.75) is 32.4 Å². The minimum Gasteiger partial charge on any atom is -0.361 e. The highest BCUT2D eigenvalue weighted by Crippen LogP contribution is 2.19. The second-order valence-electron chi connectivity index (χ2n) is 4.25. The largest absolute Gasteiger partial charge is 0.361 e. The number of likely N-dealkylation sites (N-methyl/N-ethyl adjacent to an activating group) is 1. The Balaban J connectivity index is 0.00000128. The number of halogens is 1. The van der Waals surface area contributed by atoms with Crippen LogP contribution < -0.4 is 5.32 Å². The maximum atomic E-state index is 5.08. The van der Waals surface area contributed by atoms with Crippen LogP contribution in [0.5, 0.6) is 0 Å². The van der Waals surface area contributed by atoms with Gasteiger partial charge in [-0.05, 0) is 33.4 Å². The van der Waals surface area contributed by atoms with Crippen LogP contribution in [-0.4, -0.2) is 36.2 Å². The van der Waals surface area contributed by atoms with E-state index >= 15 is 0 Å². The number of likely N-dealkylation sites (tertiary alicyclic amines) is 1. The van der Waals surface area contributed by atoms with Crippen LogP contribution in [0.3, 0.4) is 0 Å². The van der Waals surface area contributed by atoms with E-state index in [1.807, 2.05) is 20.0 Å². The quantitative estimate of drug-likeness (QED) is 0.875. The highest BCUT2D eigenvalue weighted by molar-refractivity contribution is 5.85. The van der Waals surface area contributed by atoms with Gasteiger partial charge in [-0.15, -0.1) is 12.4 Å². The zero-order chi connectivity index (χ0) is 10.7. The summed E-state index contributed by atoms with van der Waals surface area (Å²) >= 11 is 0. The van der Waals surface area contributed by atoms with E-state index in [0.29, 0.717) is 6.04 Å². The molecule has 0 aliphatic carbocycles. The Hall–Kier alpha value is -0.580. The Morgan fingerprint density at radius 1 is 1.62 bits per heavy atom. The molecule has 0 bridgehead atoms. The molecule has 1 atom stereocenters. The topological polar surface area (TPSA) is 41.3 Å². The Labute approximate surface area is 103 Å². The standard InChI is InChI=1S/C11H19N3O.ClH/c1-9-6-10(13-15-9)8-14-5-3-4-11(14)7-12-2;/h6,11-12H,3-5,7-8H2,1-2H3;1H. The molecule has 0 amide bonds. The van der Waals surface area contributed by atoms with Crippen LogP contribution in [0.25, 0.3) is 0 Å². The molecule has 2 heterocycles. The van der Waals surface area contributed by atoms with Crippen molar-refractivity contribution < 1.29 is 4.52 Å². The van der Waals surface area contributed by atoms with Gasteiger partial charge in [0.1, 0.15) is 5.76 Å². The van der Waals surface area contributed by atoms with Gasteiger partial charge in [0.2, 0.25) is 0 Å². The summed E-state index contributed by atoms with van der Waals surface area (Å²) in [7, 11) is 2.01. The maximum absolute atomic E-state index is 5.08. The maximum Gasteiger partial charge on any atom is 0.133 e. The van der Waals surface area contributed by atoms with Gasteiger partial charge in [0, 0.05) is 25.2 Å². The predicted molar refractivity (Wildman–Crippen MR) is 65.8 cm³/mol. The lowest BCUT2D eigenvalue weighted by molar-refractivity contribution is 0.234. The third-order valence-electron chi connectivity index (χ3n) is 2.98. The Morgan fingerprint density at radius 2 is 2.44 bits per heavy atom. The molecular weight excluding hydrogens is 226 g/mol. The zero-order valence-corrected chi connectivity index (χ0v) is 10.7. The van der Waals surface area contributed by atoms with E-state index in [-0.39, 0.29) is 12.4 Å². The highest BCUT2D eigenvalue weighted by atomic mass is 35.5.